The predicted molar refractivity (Wildman–Crippen MR) is 94.8 cm³/mol. The van der Waals surface area contributed by atoms with Crippen molar-refractivity contribution in [3.8, 4) is 0 Å². The van der Waals surface area contributed by atoms with Crippen molar-refractivity contribution in [2.24, 2.45) is 5.92 Å². The quantitative estimate of drug-likeness (QED) is 0.877. The van der Waals surface area contributed by atoms with Gasteiger partial charge in [0.25, 0.3) is 5.91 Å². The van der Waals surface area contributed by atoms with Gasteiger partial charge in [0.15, 0.2) is 0 Å². The van der Waals surface area contributed by atoms with Crippen LogP contribution < -0.4 is 5.32 Å². The Morgan fingerprint density at radius 3 is 2.44 bits per heavy atom. The van der Waals surface area contributed by atoms with Crippen LogP contribution >= 0.6 is 0 Å². The molecule has 25 heavy (non-hydrogen) atoms. The Morgan fingerprint density at radius 1 is 1.12 bits per heavy atom. The molecule has 132 valence electrons. The summed E-state index contributed by atoms with van der Waals surface area (Å²) in [6.07, 6.45) is 5.84. The molecule has 1 heterocycles. The van der Waals surface area contributed by atoms with Crippen LogP contribution in [-0.2, 0) is 17.9 Å². The lowest BCUT2D eigenvalue weighted by atomic mass is 10.1. The average Bonchev–Trinajstić information content (AvgIpc) is 3.34. The van der Waals surface area contributed by atoms with E-state index < -0.39 is 0 Å². The van der Waals surface area contributed by atoms with Crippen molar-refractivity contribution in [3.63, 3.8) is 0 Å². The number of carbonyl (C=O) groups is 2. The summed E-state index contributed by atoms with van der Waals surface area (Å²) in [5.74, 6) is 0.999. The lowest BCUT2D eigenvalue weighted by molar-refractivity contribution is -0.136. The van der Waals surface area contributed by atoms with Crippen LogP contribution in [0.1, 0.15) is 47.4 Å². The number of benzene rings is 1. The molecule has 0 unspecified atom stereocenters. The summed E-state index contributed by atoms with van der Waals surface area (Å²) in [5.41, 5.74) is 1.62. The molecular formula is C20H24N2O3. The number of nitrogens with one attached hydrogen (secondary N) is 1. The number of nitrogens with zero attached hydrogens (tertiary/aromatic N) is 1. The maximum Gasteiger partial charge on any atom is 0.251 e. The molecule has 1 aliphatic carbocycles. The predicted octanol–water partition coefficient (Wildman–Crippen LogP) is 3.36. The fraction of sp³-hybridized carbons (Fsp3) is 0.400. The molecule has 1 fully saturated rings. The minimum absolute atomic E-state index is 0.110. The summed E-state index contributed by atoms with van der Waals surface area (Å²) in [6, 6.07) is 11.1. The van der Waals surface area contributed by atoms with Crippen molar-refractivity contribution >= 4 is 11.8 Å². The van der Waals surface area contributed by atoms with Gasteiger partial charge in [-0.3, -0.25) is 9.59 Å². The monoisotopic (exact) mass is 340 g/mol. The van der Waals surface area contributed by atoms with E-state index >= 15 is 0 Å². The number of amides is 2. The van der Waals surface area contributed by atoms with Crippen molar-refractivity contribution in [3.05, 3.63) is 59.5 Å². The minimum Gasteiger partial charge on any atom is -0.467 e. The summed E-state index contributed by atoms with van der Waals surface area (Å²) in [6.45, 7) is 0.990. The second kappa shape index (κ2) is 8.01. The number of carbonyl (C=O) groups excluding carboxylic acids is 2. The molecule has 5 heteroatoms. The van der Waals surface area contributed by atoms with Gasteiger partial charge in [0.2, 0.25) is 5.91 Å². The largest absolute Gasteiger partial charge is 0.467 e. The molecule has 1 saturated carbocycles. The maximum absolute atomic E-state index is 12.9. The Balaban J connectivity index is 1.74. The lowest BCUT2D eigenvalue weighted by Crippen LogP contribution is -2.34. The van der Waals surface area contributed by atoms with Gasteiger partial charge in [-0.05, 0) is 42.7 Å². The average molecular weight is 340 g/mol. The van der Waals surface area contributed by atoms with E-state index in [1.807, 2.05) is 29.2 Å². The molecular weight excluding hydrogens is 316 g/mol. The van der Waals surface area contributed by atoms with Crippen molar-refractivity contribution in [1.82, 2.24) is 10.2 Å². The van der Waals surface area contributed by atoms with Gasteiger partial charge in [-0.25, -0.2) is 0 Å². The fourth-order valence-corrected chi connectivity index (χ4v) is 3.36. The van der Waals surface area contributed by atoms with Crippen molar-refractivity contribution in [2.45, 2.75) is 38.8 Å². The molecule has 0 atom stereocenters. The number of rotatable bonds is 6. The van der Waals surface area contributed by atoms with Gasteiger partial charge in [-0.2, -0.15) is 0 Å². The first-order valence-electron chi connectivity index (χ1n) is 8.79. The smallest absolute Gasteiger partial charge is 0.251 e. The second-order valence-electron chi connectivity index (χ2n) is 6.53. The fourth-order valence-electron chi connectivity index (χ4n) is 3.36. The van der Waals surface area contributed by atoms with Crippen LogP contribution in [0.4, 0.5) is 0 Å². The SMILES string of the molecule is CNC(=O)c1ccc(CN(Cc2ccco2)C(=O)C2CCCC2)cc1. The van der Waals surface area contributed by atoms with E-state index in [0.717, 1.165) is 37.0 Å². The Kier molecular flexibility index (Phi) is 5.53. The van der Waals surface area contributed by atoms with Crippen LogP contribution in [0.25, 0.3) is 0 Å². The molecule has 0 bridgehead atoms. The normalized spacial score (nSPS) is 14.4. The van der Waals surface area contributed by atoms with Gasteiger partial charge in [-0.15, -0.1) is 0 Å². The molecule has 0 spiro atoms. The van der Waals surface area contributed by atoms with Crippen molar-refractivity contribution in [2.75, 3.05) is 7.05 Å². The zero-order valence-corrected chi connectivity index (χ0v) is 14.5. The molecule has 5 nitrogen and oxygen atoms in total. The lowest BCUT2D eigenvalue weighted by Gasteiger charge is -2.25. The molecule has 0 radical (unpaired) electrons. The van der Waals surface area contributed by atoms with Gasteiger partial charge < -0.3 is 14.6 Å². The van der Waals surface area contributed by atoms with E-state index in [-0.39, 0.29) is 17.7 Å². The van der Waals surface area contributed by atoms with E-state index in [4.69, 9.17) is 4.42 Å². The van der Waals surface area contributed by atoms with Crippen LogP contribution in [0.5, 0.6) is 0 Å². The third kappa shape index (κ3) is 4.29. The van der Waals surface area contributed by atoms with Crippen molar-refractivity contribution in [1.29, 1.82) is 0 Å². The third-order valence-electron chi connectivity index (χ3n) is 4.76. The summed E-state index contributed by atoms with van der Waals surface area (Å²) < 4.78 is 5.43. The van der Waals surface area contributed by atoms with E-state index in [9.17, 15) is 9.59 Å². The number of hydrogen-bond donors (Lipinski definition) is 1. The molecule has 1 aromatic heterocycles. The molecule has 0 aliphatic heterocycles. The molecule has 1 aromatic carbocycles. The Hall–Kier alpha value is -2.56. The first-order valence-corrected chi connectivity index (χ1v) is 8.79. The minimum atomic E-state index is -0.110. The van der Waals surface area contributed by atoms with Crippen LogP contribution in [0.3, 0.4) is 0 Å². The Labute approximate surface area is 148 Å². The zero-order valence-electron chi connectivity index (χ0n) is 14.5. The maximum atomic E-state index is 12.9. The van der Waals surface area contributed by atoms with Gasteiger partial charge in [0.05, 0.1) is 12.8 Å². The number of furan rings is 1. The van der Waals surface area contributed by atoms with Crippen LogP contribution in [0, 0.1) is 5.92 Å². The highest BCUT2D eigenvalue weighted by Gasteiger charge is 2.27. The standard InChI is InChI=1S/C20H24N2O3/c1-21-19(23)16-10-8-15(9-11-16)13-22(14-18-7-4-12-25-18)20(24)17-5-2-3-6-17/h4,7-12,17H,2-3,5-6,13-14H2,1H3,(H,21,23). The van der Waals surface area contributed by atoms with E-state index in [1.54, 1.807) is 25.4 Å². The molecule has 3 rings (SSSR count). The Bertz CT molecular complexity index is 701. The van der Waals surface area contributed by atoms with Gasteiger partial charge in [0.1, 0.15) is 5.76 Å². The zero-order chi connectivity index (χ0) is 17.6. The molecule has 2 aromatic rings. The highest BCUT2D eigenvalue weighted by molar-refractivity contribution is 5.93. The first-order chi connectivity index (χ1) is 12.2. The van der Waals surface area contributed by atoms with Crippen LogP contribution in [0.2, 0.25) is 0 Å². The second-order valence-corrected chi connectivity index (χ2v) is 6.53. The highest BCUT2D eigenvalue weighted by atomic mass is 16.3. The third-order valence-corrected chi connectivity index (χ3v) is 4.76. The molecule has 0 saturated heterocycles. The summed E-state index contributed by atoms with van der Waals surface area (Å²) in [4.78, 5) is 26.4. The van der Waals surface area contributed by atoms with Crippen molar-refractivity contribution < 1.29 is 14.0 Å². The molecule has 1 N–H and O–H groups in total. The first kappa shape index (κ1) is 17.3. The van der Waals surface area contributed by atoms with Crippen LogP contribution in [-0.4, -0.2) is 23.8 Å². The summed E-state index contributed by atoms with van der Waals surface area (Å²) >= 11 is 0. The van der Waals surface area contributed by atoms with E-state index in [0.29, 0.717) is 18.7 Å². The van der Waals surface area contributed by atoms with Gasteiger partial charge in [-0.1, -0.05) is 25.0 Å². The van der Waals surface area contributed by atoms with Gasteiger partial charge in [0, 0.05) is 25.1 Å². The Morgan fingerprint density at radius 2 is 1.84 bits per heavy atom. The topological polar surface area (TPSA) is 62.6 Å². The molecule has 1 aliphatic rings. The summed E-state index contributed by atoms with van der Waals surface area (Å²) in [7, 11) is 1.61. The number of hydrogen-bond acceptors (Lipinski definition) is 3. The molecule has 2 amide bonds. The van der Waals surface area contributed by atoms with Crippen LogP contribution in [0.15, 0.2) is 47.1 Å². The van der Waals surface area contributed by atoms with E-state index in [1.165, 1.54) is 0 Å². The van der Waals surface area contributed by atoms with E-state index in [2.05, 4.69) is 5.32 Å². The summed E-state index contributed by atoms with van der Waals surface area (Å²) in [5, 5.41) is 2.61. The van der Waals surface area contributed by atoms with Gasteiger partial charge >= 0.3 is 0 Å². The highest BCUT2D eigenvalue weighted by Crippen LogP contribution is 2.28.